The smallest absolute Gasteiger partial charge is 0.326 e. The van der Waals surface area contributed by atoms with E-state index < -0.39 is 22.2 Å². The number of aromatic nitrogens is 2. The van der Waals surface area contributed by atoms with Gasteiger partial charge in [0.2, 0.25) is 0 Å². The van der Waals surface area contributed by atoms with Gasteiger partial charge in [-0.3, -0.25) is 9.48 Å². The summed E-state index contributed by atoms with van der Waals surface area (Å²) < 4.78 is 27.7. The van der Waals surface area contributed by atoms with Gasteiger partial charge in [-0.1, -0.05) is 0 Å². The molecule has 1 atom stereocenters. The van der Waals surface area contributed by atoms with Crippen LogP contribution < -0.4 is 9.44 Å². The van der Waals surface area contributed by atoms with Gasteiger partial charge in [-0.05, 0) is 0 Å². The molecule has 0 amide bonds. The number of hydrogen-bond donors (Lipinski definition) is 3. The zero-order valence-electron chi connectivity index (χ0n) is 8.71. The zero-order chi connectivity index (χ0) is 12.3. The molecule has 0 radical (unpaired) electrons. The number of carbonyl (C=O) groups is 1. The fourth-order valence-electron chi connectivity index (χ4n) is 1.06. The molecule has 0 saturated carbocycles. The van der Waals surface area contributed by atoms with Crippen LogP contribution in [0.3, 0.4) is 0 Å². The maximum Gasteiger partial charge on any atom is 0.326 e. The molecule has 1 heterocycles. The number of aliphatic carboxylic acids is 1. The molecule has 0 aromatic carbocycles. The van der Waals surface area contributed by atoms with Crippen LogP contribution in [0.4, 0.5) is 0 Å². The highest BCUT2D eigenvalue weighted by Crippen LogP contribution is 2.12. The second-order valence-electron chi connectivity index (χ2n) is 3.04. The van der Waals surface area contributed by atoms with Crippen LogP contribution in [-0.2, 0) is 22.1 Å². The van der Waals surface area contributed by atoms with Crippen LogP contribution in [0.15, 0.2) is 12.4 Å². The summed E-state index contributed by atoms with van der Waals surface area (Å²) in [5.41, 5.74) is 0.258. The Kier molecular flexibility index (Phi) is 3.62. The van der Waals surface area contributed by atoms with Crippen molar-refractivity contribution in [3.63, 3.8) is 0 Å². The quantitative estimate of drug-likeness (QED) is 0.593. The van der Waals surface area contributed by atoms with Crippen LogP contribution in [0, 0.1) is 0 Å². The van der Waals surface area contributed by atoms with Crippen LogP contribution in [-0.4, -0.2) is 36.3 Å². The maximum atomic E-state index is 11.2. The van der Waals surface area contributed by atoms with Gasteiger partial charge in [-0.15, -0.1) is 0 Å². The lowest BCUT2D eigenvalue weighted by Gasteiger charge is -2.12. The highest BCUT2D eigenvalue weighted by atomic mass is 32.2. The highest BCUT2D eigenvalue weighted by molar-refractivity contribution is 7.87. The molecule has 16 heavy (non-hydrogen) atoms. The van der Waals surface area contributed by atoms with Crippen molar-refractivity contribution in [2.24, 2.45) is 7.05 Å². The predicted octanol–water partition coefficient (Wildman–Crippen LogP) is -1.40. The molecule has 0 aliphatic carbocycles. The Hall–Kier alpha value is -1.45. The van der Waals surface area contributed by atoms with Gasteiger partial charge in [0.05, 0.1) is 6.20 Å². The molecule has 0 aliphatic heterocycles. The summed E-state index contributed by atoms with van der Waals surface area (Å²) in [5.74, 6) is -1.30. The summed E-state index contributed by atoms with van der Waals surface area (Å²) in [4.78, 5) is 10.9. The summed E-state index contributed by atoms with van der Waals surface area (Å²) in [5, 5.41) is 12.7. The highest BCUT2D eigenvalue weighted by Gasteiger charge is 2.25. The minimum absolute atomic E-state index is 0.258. The van der Waals surface area contributed by atoms with Crippen molar-refractivity contribution in [1.82, 2.24) is 19.2 Å². The van der Waals surface area contributed by atoms with E-state index in [-0.39, 0.29) is 5.56 Å². The number of nitrogens with zero attached hydrogens (tertiary/aromatic N) is 2. The lowest BCUT2D eigenvalue weighted by atomic mass is 10.2. The Morgan fingerprint density at radius 3 is 2.62 bits per heavy atom. The van der Waals surface area contributed by atoms with Crippen molar-refractivity contribution in [3.05, 3.63) is 18.0 Å². The van der Waals surface area contributed by atoms with Crippen LogP contribution >= 0.6 is 0 Å². The van der Waals surface area contributed by atoms with Crippen LogP contribution in [0.25, 0.3) is 0 Å². The summed E-state index contributed by atoms with van der Waals surface area (Å²) in [7, 11) is -1.03. The molecule has 1 aromatic rings. The third-order valence-corrected chi connectivity index (χ3v) is 2.93. The minimum atomic E-state index is -3.82. The third-order valence-electron chi connectivity index (χ3n) is 1.85. The Labute approximate surface area is 92.5 Å². The van der Waals surface area contributed by atoms with Crippen molar-refractivity contribution in [2.45, 2.75) is 6.04 Å². The topological polar surface area (TPSA) is 113 Å². The van der Waals surface area contributed by atoms with Gasteiger partial charge in [-0.25, -0.2) is 4.72 Å². The zero-order valence-corrected chi connectivity index (χ0v) is 9.52. The summed E-state index contributed by atoms with van der Waals surface area (Å²) >= 11 is 0. The first-order chi connectivity index (χ1) is 7.35. The minimum Gasteiger partial charge on any atom is -0.480 e. The lowest BCUT2D eigenvalue weighted by Crippen LogP contribution is -2.39. The Balaban J connectivity index is 2.98. The Morgan fingerprint density at radius 2 is 2.25 bits per heavy atom. The van der Waals surface area contributed by atoms with Crippen molar-refractivity contribution in [2.75, 3.05) is 7.05 Å². The monoisotopic (exact) mass is 248 g/mol. The van der Waals surface area contributed by atoms with Crippen molar-refractivity contribution in [3.8, 4) is 0 Å². The summed E-state index contributed by atoms with van der Waals surface area (Å²) in [6, 6.07) is -1.36. The summed E-state index contributed by atoms with van der Waals surface area (Å²) in [6.07, 6.45) is 2.72. The molecule has 0 spiro atoms. The van der Waals surface area contributed by atoms with E-state index >= 15 is 0 Å². The molecule has 0 fully saturated rings. The van der Waals surface area contributed by atoms with Crippen LogP contribution in [0.1, 0.15) is 11.6 Å². The number of hydrogen-bond acceptors (Lipinski definition) is 4. The van der Waals surface area contributed by atoms with Gasteiger partial charge < -0.3 is 5.11 Å². The van der Waals surface area contributed by atoms with Gasteiger partial charge >= 0.3 is 5.97 Å². The van der Waals surface area contributed by atoms with E-state index in [0.717, 1.165) is 0 Å². The lowest BCUT2D eigenvalue weighted by molar-refractivity contribution is -0.139. The molecule has 9 heteroatoms. The predicted molar refractivity (Wildman–Crippen MR) is 54.7 cm³/mol. The standard InChI is InChI=1S/C7H12N4O4S/c1-8-16(14,15)10-6(7(12)13)5-3-9-11(2)4-5/h3-4,6,8,10H,1-2H3,(H,12,13). The molecule has 0 bridgehead atoms. The number of carboxylic acid groups (broad SMARTS) is 1. The van der Waals surface area contributed by atoms with Gasteiger partial charge in [-0.2, -0.15) is 18.2 Å². The van der Waals surface area contributed by atoms with E-state index in [2.05, 4.69) is 5.10 Å². The van der Waals surface area contributed by atoms with E-state index in [1.807, 2.05) is 9.44 Å². The number of carboxylic acids is 1. The van der Waals surface area contributed by atoms with Gasteiger partial charge in [0.15, 0.2) is 0 Å². The van der Waals surface area contributed by atoms with Crippen LogP contribution in [0.5, 0.6) is 0 Å². The Morgan fingerprint density at radius 1 is 1.62 bits per heavy atom. The molecule has 8 nitrogen and oxygen atoms in total. The molecular formula is C7H12N4O4S. The number of aryl methyl sites for hydroxylation is 1. The second-order valence-corrected chi connectivity index (χ2v) is 4.69. The molecule has 3 N–H and O–H groups in total. The normalized spacial score (nSPS) is 13.6. The third kappa shape index (κ3) is 3.02. The van der Waals surface area contributed by atoms with Crippen LogP contribution in [0.2, 0.25) is 0 Å². The first kappa shape index (κ1) is 12.6. The SMILES string of the molecule is CNS(=O)(=O)NC(C(=O)O)c1cnn(C)c1. The molecule has 1 rings (SSSR count). The largest absolute Gasteiger partial charge is 0.480 e. The first-order valence-electron chi connectivity index (χ1n) is 4.28. The van der Waals surface area contributed by atoms with E-state index in [9.17, 15) is 13.2 Å². The van der Waals surface area contributed by atoms with E-state index in [0.29, 0.717) is 0 Å². The molecule has 0 aliphatic rings. The van der Waals surface area contributed by atoms with E-state index in [4.69, 9.17) is 5.11 Å². The summed E-state index contributed by atoms with van der Waals surface area (Å²) in [6.45, 7) is 0. The molecule has 1 aromatic heterocycles. The van der Waals surface area contributed by atoms with Gasteiger partial charge in [0.25, 0.3) is 10.2 Å². The van der Waals surface area contributed by atoms with E-state index in [1.165, 1.54) is 24.1 Å². The Bertz CT molecular complexity index is 480. The number of rotatable bonds is 5. The fraction of sp³-hybridized carbons (Fsp3) is 0.429. The van der Waals surface area contributed by atoms with Crippen molar-refractivity contribution >= 4 is 16.2 Å². The molecule has 90 valence electrons. The van der Waals surface area contributed by atoms with Gasteiger partial charge in [0, 0.05) is 25.9 Å². The average Bonchev–Trinajstić information content (AvgIpc) is 2.61. The molecular weight excluding hydrogens is 236 g/mol. The van der Waals surface area contributed by atoms with Gasteiger partial charge in [0.1, 0.15) is 6.04 Å². The first-order valence-corrected chi connectivity index (χ1v) is 5.76. The number of nitrogens with one attached hydrogen (secondary N) is 2. The molecule has 1 unspecified atom stereocenters. The van der Waals surface area contributed by atoms with E-state index in [1.54, 1.807) is 7.05 Å². The second kappa shape index (κ2) is 4.60. The van der Waals surface area contributed by atoms with Crippen molar-refractivity contribution in [1.29, 1.82) is 0 Å². The fourth-order valence-corrected chi connectivity index (χ4v) is 1.73. The average molecular weight is 248 g/mol. The maximum absolute atomic E-state index is 11.2. The molecule has 0 saturated heterocycles. The van der Waals surface area contributed by atoms with Crippen molar-refractivity contribution < 1.29 is 18.3 Å².